The summed E-state index contributed by atoms with van der Waals surface area (Å²) in [5.74, 6) is 1.09. The van der Waals surface area contributed by atoms with Crippen molar-refractivity contribution < 1.29 is 18.8 Å². The number of carbonyl (C=O) groups is 1. The van der Waals surface area contributed by atoms with Gasteiger partial charge in [-0.15, -0.1) is 12.4 Å². The maximum atomic E-state index is 12.8. The highest BCUT2D eigenvalue weighted by atomic mass is 35.5. The van der Waals surface area contributed by atoms with Gasteiger partial charge < -0.3 is 24.6 Å². The number of fused-ring (bicyclic) bond motifs is 1. The van der Waals surface area contributed by atoms with Crippen molar-refractivity contribution in [1.29, 1.82) is 0 Å². The maximum Gasteiger partial charge on any atom is 0.255 e. The van der Waals surface area contributed by atoms with Crippen LogP contribution in [0.5, 0.6) is 5.75 Å². The third-order valence-electron chi connectivity index (χ3n) is 4.72. The number of benzene rings is 2. The van der Waals surface area contributed by atoms with E-state index in [0.29, 0.717) is 37.6 Å². The molecule has 0 aliphatic carbocycles. The van der Waals surface area contributed by atoms with Gasteiger partial charge in [-0.2, -0.15) is 0 Å². The molecule has 8 heteroatoms. The van der Waals surface area contributed by atoms with E-state index in [2.05, 4.69) is 15.8 Å². The first-order valence-corrected chi connectivity index (χ1v) is 9.65. The molecule has 2 N–H and O–H groups in total. The summed E-state index contributed by atoms with van der Waals surface area (Å²) in [6.45, 7) is 6.57. The lowest BCUT2D eigenvalue weighted by Crippen LogP contribution is -2.33. The summed E-state index contributed by atoms with van der Waals surface area (Å²) < 4.78 is 16.2. The Labute approximate surface area is 182 Å². The quantitative estimate of drug-likeness (QED) is 0.476. The highest BCUT2D eigenvalue weighted by molar-refractivity contribution is 6.01. The Morgan fingerprint density at radius 1 is 1.10 bits per heavy atom. The van der Waals surface area contributed by atoms with E-state index in [4.69, 9.17) is 14.0 Å². The molecule has 3 aromatic rings. The molecule has 0 radical (unpaired) electrons. The van der Waals surface area contributed by atoms with Crippen LogP contribution in [0, 0.1) is 13.8 Å². The lowest BCUT2D eigenvalue weighted by Gasteiger charge is -2.14. The zero-order chi connectivity index (χ0) is 20.6. The van der Waals surface area contributed by atoms with Gasteiger partial charge in [-0.05, 0) is 36.8 Å². The SMILES string of the molecule is COCCNCCNC(=O)c1cc2ccccc2cc1OCc1c(C)noc1C.Cl. The van der Waals surface area contributed by atoms with Crippen molar-refractivity contribution in [3.05, 3.63) is 59.0 Å². The summed E-state index contributed by atoms with van der Waals surface area (Å²) in [4.78, 5) is 12.8. The van der Waals surface area contributed by atoms with Crippen molar-refractivity contribution >= 4 is 29.1 Å². The molecule has 0 aliphatic heterocycles. The van der Waals surface area contributed by atoms with Gasteiger partial charge in [0.05, 0.1) is 23.4 Å². The molecule has 0 fully saturated rings. The van der Waals surface area contributed by atoms with Crippen LogP contribution in [-0.4, -0.2) is 44.4 Å². The second-order valence-corrected chi connectivity index (χ2v) is 6.79. The average Bonchev–Trinajstić information content (AvgIpc) is 3.05. The smallest absolute Gasteiger partial charge is 0.255 e. The van der Waals surface area contributed by atoms with Gasteiger partial charge in [0.15, 0.2) is 0 Å². The van der Waals surface area contributed by atoms with E-state index in [1.807, 2.05) is 50.2 Å². The topological polar surface area (TPSA) is 85.6 Å². The lowest BCUT2D eigenvalue weighted by molar-refractivity contribution is 0.0949. The molecule has 0 atom stereocenters. The molecule has 7 nitrogen and oxygen atoms in total. The number of hydrogen-bond donors (Lipinski definition) is 2. The first-order chi connectivity index (χ1) is 14.1. The lowest BCUT2D eigenvalue weighted by atomic mass is 10.1. The first-order valence-electron chi connectivity index (χ1n) is 9.65. The molecule has 0 saturated carbocycles. The van der Waals surface area contributed by atoms with E-state index in [9.17, 15) is 4.79 Å². The Bertz CT molecular complexity index is 955. The molecule has 1 amide bonds. The molecule has 3 rings (SSSR count). The number of ether oxygens (including phenoxy) is 2. The molecule has 0 spiro atoms. The van der Waals surface area contributed by atoms with Gasteiger partial charge in [-0.3, -0.25) is 4.79 Å². The standard InChI is InChI=1S/C22H27N3O4.ClH/c1-15-20(16(2)29-25-15)14-28-21-13-18-7-5-4-6-17(18)12-19(21)22(26)24-9-8-23-10-11-27-3;/h4-7,12-13,23H,8-11,14H2,1-3H3,(H,24,26);1H. The fraction of sp³-hybridized carbons (Fsp3) is 0.364. The normalized spacial score (nSPS) is 10.6. The Morgan fingerprint density at radius 3 is 2.50 bits per heavy atom. The largest absolute Gasteiger partial charge is 0.488 e. The summed E-state index contributed by atoms with van der Waals surface area (Å²) in [7, 11) is 1.66. The third-order valence-corrected chi connectivity index (χ3v) is 4.72. The molecule has 162 valence electrons. The molecule has 0 saturated heterocycles. The van der Waals surface area contributed by atoms with Crippen LogP contribution in [-0.2, 0) is 11.3 Å². The van der Waals surface area contributed by atoms with Crippen LogP contribution in [0.1, 0.15) is 27.4 Å². The number of carbonyl (C=O) groups excluding carboxylic acids is 1. The summed E-state index contributed by atoms with van der Waals surface area (Å²) in [5, 5.41) is 12.1. The van der Waals surface area contributed by atoms with E-state index >= 15 is 0 Å². The van der Waals surface area contributed by atoms with E-state index in [1.54, 1.807) is 7.11 Å². The fourth-order valence-electron chi connectivity index (χ4n) is 3.03. The Morgan fingerprint density at radius 2 is 1.83 bits per heavy atom. The van der Waals surface area contributed by atoms with Gasteiger partial charge >= 0.3 is 0 Å². The van der Waals surface area contributed by atoms with Crippen molar-refractivity contribution in [1.82, 2.24) is 15.8 Å². The second kappa shape index (κ2) is 11.5. The summed E-state index contributed by atoms with van der Waals surface area (Å²) >= 11 is 0. The maximum absolute atomic E-state index is 12.8. The van der Waals surface area contributed by atoms with Gasteiger partial charge in [-0.25, -0.2) is 0 Å². The van der Waals surface area contributed by atoms with E-state index in [1.165, 1.54) is 0 Å². The van der Waals surface area contributed by atoms with Gasteiger partial charge in [0.25, 0.3) is 5.91 Å². The molecule has 1 heterocycles. The highest BCUT2D eigenvalue weighted by Gasteiger charge is 2.16. The molecule has 0 aliphatic rings. The van der Waals surface area contributed by atoms with Crippen LogP contribution in [0.4, 0.5) is 0 Å². The Balaban J connectivity index is 0.00000320. The molecule has 0 bridgehead atoms. The average molecular weight is 434 g/mol. The molecule has 1 aromatic heterocycles. The zero-order valence-electron chi connectivity index (χ0n) is 17.5. The number of halogens is 1. The number of amides is 1. The number of methoxy groups -OCH3 is 1. The molecular formula is C22H28ClN3O4. The Kier molecular flexibility index (Phi) is 9.11. The second-order valence-electron chi connectivity index (χ2n) is 6.79. The predicted octanol–water partition coefficient (Wildman–Crippen LogP) is 3.41. The Hall–Kier alpha value is -2.61. The number of aryl methyl sites for hydroxylation is 2. The minimum Gasteiger partial charge on any atom is -0.488 e. The number of hydrogen-bond acceptors (Lipinski definition) is 6. The van der Waals surface area contributed by atoms with Crippen LogP contribution in [0.3, 0.4) is 0 Å². The fourth-order valence-corrected chi connectivity index (χ4v) is 3.03. The van der Waals surface area contributed by atoms with Gasteiger partial charge in [0, 0.05) is 26.7 Å². The summed E-state index contributed by atoms with van der Waals surface area (Å²) in [6, 6.07) is 11.7. The minimum absolute atomic E-state index is 0. The van der Waals surface area contributed by atoms with Gasteiger partial charge in [-0.1, -0.05) is 29.4 Å². The molecule has 2 aromatic carbocycles. The van der Waals surface area contributed by atoms with Crippen LogP contribution in [0.15, 0.2) is 40.9 Å². The minimum atomic E-state index is -0.168. The van der Waals surface area contributed by atoms with Crippen molar-refractivity contribution in [2.75, 3.05) is 33.4 Å². The van der Waals surface area contributed by atoms with E-state index < -0.39 is 0 Å². The van der Waals surface area contributed by atoms with Crippen LogP contribution >= 0.6 is 12.4 Å². The first kappa shape index (κ1) is 23.7. The highest BCUT2D eigenvalue weighted by Crippen LogP contribution is 2.27. The van der Waals surface area contributed by atoms with Crippen molar-refractivity contribution in [2.24, 2.45) is 0 Å². The monoisotopic (exact) mass is 433 g/mol. The zero-order valence-corrected chi connectivity index (χ0v) is 18.3. The predicted molar refractivity (Wildman–Crippen MR) is 119 cm³/mol. The summed E-state index contributed by atoms with van der Waals surface area (Å²) in [5.41, 5.74) is 2.19. The van der Waals surface area contributed by atoms with Crippen molar-refractivity contribution in [3.8, 4) is 5.75 Å². The van der Waals surface area contributed by atoms with Crippen molar-refractivity contribution in [2.45, 2.75) is 20.5 Å². The number of rotatable bonds is 10. The number of nitrogens with one attached hydrogen (secondary N) is 2. The molecule has 30 heavy (non-hydrogen) atoms. The van der Waals surface area contributed by atoms with Crippen LogP contribution in [0.25, 0.3) is 10.8 Å². The summed E-state index contributed by atoms with van der Waals surface area (Å²) in [6.07, 6.45) is 0. The van der Waals surface area contributed by atoms with Crippen LogP contribution < -0.4 is 15.4 Å². The number of aromatic nitrogens is 1. The molecular weight excluding hydrogens is 406 g/mol. The van der Waals surface area contributed by atoms with E-state index in [-0.39, 0.29) is 18.3 Å². The van der Waals surface area contributed by atoms with Crippen molar-refractivity contribution in [3.63, 3.8) is 0 Å². The van der Waals surface area contributed by atoms with E-state index in [0.717, 1.165) is 34.3 Å². The third kappa shape index (κ3) is 5.95. The molecule has 0 unspecified atom stereocenters. The van der Waals surface area contributed by atoms with Crippen LogP contribution in [0.2, 0.25) is 0 Å². The van der Waals surface area contributed by atoms with Gasteiger partial charge in [0.2, 0.25) is 0 Å². The number of nitrogens with zero attached hydrogens (tertiary/aromatic N) is 1. The van der Waals surface area contributed by atoms with Gasteiger partial charge in [0.1, 0.15) is 18.1 Å².